The predicted octanol–water partition coefficient (Wildman–Crippen LogP) is -0.180. The van der Waals surface area contributed by atoms with Crippen molar-refractivity contribution in [3.63, 3.8) is 0 Å². The largest absolute Gasteiger partial charge is 0.355 e. The molecule has 1 aliphatic rings. The summed E-state index contributed by atoms with van der Waals surface area (Å²) in [5.74, 6) is 0.914. The van der Waals surface area contributed by atoms with Crippen LogP contribution < -0.4 is 10.6 Å². The van der Waals surface area contributed by atoms with E-state index in [1.54, 1.807) is 6.20 Å². The summed E-state index contributed by atoms with van der Waals surface area (Å²) in [4.78, 5) is 8.28. The van der Waals surface area contributed by atoms with Gasteiger partial charge in [0.1, 0.15) is 0 Å². The molecule has 0 aliphatic carbocycles. The van der Waals surface area contributed by atoms with Gasteiger partial charge in [-0.05, 0) is 6.92 Å². The Morgan fingerprint density at radius 3 is 3.29 bits per heavy atom. The molecule has 5 nitrogen and oxygen atoms in total. The Balaban J connectivity index is 1.69. The summed E-state index contributed by atoms with van der Waals surface area (Å²) in [5, 5.41) is 6.49. The van der Waals surface area contributed by atoms with E-state index in [9.17, 15) is 0 Å². The highest BCUT2D eigenvalue weighted by Gasteiger charge is 2.10. The summed E-state index contributed by atoms with van der Waals surface area (Å²) in [6.07, 6.45) is 5.55. The molecule has 0 saturated heterocycles. The molecule has 1 aliphatic heterocycles. The highest BCUT2D eigenvalue weighted by atomic mass is 15.2. The number of rotatable bonds is 3. The lowest BCUT2D eigenvalue weighted by Crippen LogP contribution is -2.38. The fraction of sp³-hybridized carbons (Fsp3) is 0.556. The minimum absolute atomic E-state index is 0.464. The van der Waals surface area contributed by atoms with Crippen LogP contribution in [0.15, 0.2) is 23.7 Å². The SMILES string of the molecule is CC1CN=C(NCCn2ccnc2)N1. The Labute approximate surface area is 83.2 Å². The lowest BCUT2D eigenvalue weighted by atomic mass is 10.4. The fourth-order valence-electron chi connectivity index (χ4n) is 1.38. The van der Waals surface area contributed by atoms with E-state index in [0.717, 1.165) is 25.6 Å². The summed E-state index contributed by atoms with van der Waals surface area (Å²) in [6.45, 7) is 4.77. The number of nitrogens with zero attached hydrogens (tertiary/aromatic N) is 3. The van der Waals surface area contributed by atoms with Crippen molar-refractivity contribution in [2.24, 2.45) is 4.99 Å². The highest BCUT2D eigenvalue weighted by Crippen LogP contribution is 1.91. The zero-order valence-corrected chi connectivity index (χ0v) is 8.27. The van der Waals surface area contributed by atoms with Gasteiger partial charge in [-0.1, -0.05) is 0 Å². The van der Waals surface area contributed by atoms with Gasteiger partial charge in [-0.3, -0.25) is 4.99 Å². The molecular weight excluding hydrogens is 178 g/mol. The van der Waals surface area contributed by atoms with Gasteiger partial charge in [0.15, 0.2) is 5.96 Å². The van der Waals surface area contributed by atoms with Crippen molar-refractivity contribution in [1.82, 2.24) is 20.2 Å². The van der Waals surface area contributed by atoms with Crippen LogP contribution in [-0.4, -0.2) is 34.6 Å². The third kappa shape index (κ3) is 2.25. The molecule has 2 heterocycles. The molecule has 1 aromatic rings. The Kier molecular flexibility index (Phi) is 2.67. The van der Waals surface area contributed by atoms with Gasteiger partial charge in [-0.2, -0.15) is 0 Å². The molecule has 0 spiro atoms. The van der Waals surface area contributed by atoms with Crippen molar-refractivity contribution < 1.29 is 0 Å². The number of hydrogen-bond acceptors (Lipinski definition) is 4. The van der Waals surface area contributed by atoms with Crippen molar-refractivity contribution in [2.45, 2.75) is 19.5 Å². The lowest BCUT2D eigenvalue weighted by molar-refractivity contribution is 0.659. The van der Waals surface area contributed by atoms with Gasteiger partial charge in [0.05, 0.1) is 12.9 Å². The summed E-state index contributed by atoms with van der Waals surface area (Å²) in [7, 11) is 0. The number of nitrogens with one attached hydrogen (secondary N) is 2. The molecule has 1 aromatic heterocycles. The Morgan fingerprint density at radius 1 is 1.71 bits per heavy atom. The molecule has 0 saturated carbocycles. The van der Waals surface area contributed by atoms with E-state index < -0.39 is 0 Å². The van der Waals surface area contributed by atoms with Gasteiger partial charge in [0.25, 0.3) is 0 Å². The van der Waals surface area contributed by atoms with Crippen LogP contribution >= 0.6 is 0 Å². The van der Waals surface area contributed by atoms with E-state index in [1.807, 2.05) is 17.1 Å². The summed E-state index contributed by atoms with van der Waals surface area (Å²) in [5.41, 5.74) is 0. The average Bonchev–Trinajstić information content (AvgIpc) is 2.77. The zero-order valence-electron chi connectivity index (χ0n) is 8.27. The Bertz CT molecular complexity index is 303. The van der Waals surface area contributed by atoms with Crippen LogP contribution in [0.3, 0.4) is 0 Å². The summed E-state index contributed by atoms with van der Waals surface area (Å²) >= 11 is 0. The number of hydrogen-bond donors (Lipinski definition) is 2. The molecule has 2 rings (SSSR count). The summed E-state index contributed by atoms with van der Waals surface area (Å²) < 4.78 is 2.03. The Hall–Kier alpha value is -1.52. The molecule has 0 amide bonds. The molecule has 1 atom stereocenters. The maximum absolute atomic E-state index is 4.31. The van der Waals surface area contributed by atoms with Crippen molar-refractivity contribution in [1.29, 1.82) is 0 Å². The number of aromatic nitrogens is 2. The standard InChI is InChI=1S/C9H15N5/c1-8-6-12-9(13-8)11-3-5-14-4-2-10-7-14/h2,4,7-8H,3,5-6H2,1H3,(H2,11,12,13). The fourth-order valence-corrected chi connectivity index (χ4v) is 1.38. The third-order valence-electron chi connectivity index (χ3n) is 2.13. The lowest BCUT2D eigenvalue weighted by Gasteiger charge is -2.08. The molecule has 0 radical (unpaired) electrons. The van der Waals surface area contributed by atoms with Gasteiger partial charge in [-0.25, -0.2) is 4.98 Å². The van der Waals surface area contributed by atoms with Gasteiger partial charge in [0, 0.05) is 31.5 Å². The summed E-state index contributed by atoms with van der Waals surface area (Å²) in [6, 6.07) is 0.464. The van der Waals surface area contributed by atoms with E-state index in [0.29, 0.717) is 6.04 Å². The minimum Gasteiger partial charge on any atom is -0.355 e. The molecule has 76 valence electrons. The first-order valence-corrected chi connectivity index (χ1v) is 4.85. The van der Waals surface area contributed by atoms with Gasteiger partial charge < -0.3 is 15.2 Å². The molecule has 0 fully saturated rings. The van der Waals surface area contributed by atoms with Crippen molar-refractivity contribution in [2.75, 3.05) is 13.1 Å². The molecule has 14 heavy (non-hydrogen) atoms. The molecule has 5 heteroatoms. The molecule has 2 N–H and O–H groups in total. The van der Waals surface area contributed by atoms with Gasteiger partial charge in [0.2, 0.25) is 0 Å². The predicted molar refractivity (Wildman–Crippen MR) is 55.1 cm³/mol. The minimum atomic E-state index is 0.464. The van der Waals surface area contributed by atoms with Crippen molar-refractivity contribution in [3.05, 3.63) is 18.7 Å². The normalized spacial score (nSPS) is 20.4. The Morgan fingerprint density at radius 2 is 2.64 bits per heavy atom. The van der Waals surface area contributed by atoms with Crippen molar-refractivity contribution in [3.8, 4) is 0 Å². The second-order valence-corrected chi connectivity index (χ2v) is 3.46. The van der Waals surface area contributed by atoms with Gasteiger partial charge in [-0.15, -0.1) is 0 Å². The van der Waals surface area contributed by atoms with Gasteiger partial charge >= 0.3 is 0 Å². The number of imidazole rings is 1. The van der Waals surface area contributed by atoms with E-state index in [2.05, 4.69) is 27.5 Å². The van der Waals surface area contributed by atoms with Crippen molar-refractivity contribution >= 4 is 5.96 Å². The maximum Gasteiger partial charge on any atom is 0.191 e. The average molecular weight is 193 g/mol. The number of guanidine groups is 1. The zero-order chi connectivity index (χ0) is 9.80. The highest BCUT2D eigenvalue weighted by molar-refractivity contribution is 5.81. The van der Waals surface area contributed by atoms with Crippen LogP contribution in [0.4, 0.5) is 0 Å². The quantitative estimate of drug-likeness (QED) is 0.700. The van der Waals surface area contributed by atoms with Crippen LogP contribution in [0, 0.1) is 0 Å². The topological polar surface area (TPSA) is 54.2 Å². The first-order valence-electron chi connectivity index (χ1n) is 4.85. The first kappa shape index (κ1) is 9.05. The van der Waals surface area contributed by atoms with E-state index in [4.69, 9.17) is 0 Å². The molecular formula is C9H15N5. The van der Waals surface area contributed by atoms with E-state index in [1.165, 1.54) is 0 Å². The smallest absolute Gasteiger partial charge is 0.191 e. The van der Waals surface area contributed by atoms with E-state index in [-0.39, 0.29) is 0 Å². The first-order chi connectivity index (χ1) is 6.84. The molecule has 0 bridgehead atoms. The monoisotopic (exact) mass is 193 g/mol. The second kappa shape index (κ2) is 4.13. The van der Waals surface area contributed by atoms with E-state index >= 15 is 0 Å². The van der Waals surface area contributed by atoms with Crippen LogP contribution in [0.5, 0.6) is 0 Å². The van der Waals surface area contributed by atoms with Crippen LogP contribution in [-0.2, 0) is 6.54 Å². The van der Waals surface area contributed by atoms with Crippen LogP contribution in [0.25, 0.3) is 0 Å². The molecule has 0 aromatic carbocycles. The molecule has 1 unspecified atom stereocenters. The van der Waals surface area contributed by atoms with Crippen LogP contribution in [0.2, 0.25) is 0 Å². The number of aliphatic imine (C=N–C) groups is 1. The second-order valence-electron chi connectivity index (χ2n) is 3.46. The maximum atomic E-state index is 4.31. The van der Waals surface area contributed by atoms with Crippen LogP contribution in [0.1, 0.15) is 6.92 Å². The third-order valence-corrected chi connectivity index (χ3v) is 2.13.